The number of nitriles is 1. The molecule has 2 N–H and O–H groups in total. The zero-order valence-corrected chi connectivity index (χ0v) is 18.9. The number of carbonyl (C=O) groups is 1. The van der Waals surface area contributed by atoms with Gasteiger partial charge in [0.25, 0.3) is 0 Å². The Labute approximate surface area is 200 Å². The average Bonchev–Trinajstić information content (AvgIpc) is 3.21. The van der Waals surface area contributed by atoms with Gasteiger partial charge < -0.3 is 5.11 Å². The number of allylic oxidation sites excluding steroid dienone is 1. The number of aromatic nitrogens is 2. The summed E-state index contributed by atoms with van der Waals surface area (Å²) >= 11 is 6.13. The van der Waals surface area contributed by atoms with E-state index in [-0.39, 0.29) is 0 Å². The van der Waals surface area contributed by atoms with Crippen LogP contribution in [0.2, 0.25) is 5.02 Å². The molecule has 168 valence electrons. The molecular formula is C27H19ClFN3O2. The minimum atomic E-state index is -1.03. The van der Waals surface area contributed by atoms with Crippen LogP contribution < -0.4 is 0 Å². The van der Waals surface area contributed by atoms with Crippen molar-refractivity contribution in [2.75, 3.05) is 0 Å². The summed E-state index contributed by atoms with van der Waals surface area (Å²) < 4.78 is 14.3. The lowest BCUT2D eigenvalue weighted by Gasteiger charge is -2.18. The Morgan fingerprint density at radius 3 is 2.56 bits per heavy atom. The maximum absolute atomic E-state index is 14.3. The van der Waals surface area contributed by atoms with E-state index in [2.05, 4.69) is 16.3 Å². The van der Waals surface area contributed by atoms with Crippen LogP contribution in [-0.4, -0.2) is 21.3 Å². The number of H-pyrrole nitrogens is 1. The summed E-state index contributed by atoms with van der Waals surface area (Å²) in [5, 5.41) is 25.8. The van der Waals surface area contributed by atoms with Gasteiger partial charge in [-0.3, -0.25) is 5.10 Å². The summed E-state index contributed by atoms with van der Waals surface area (Å²) in [5.41, 5.74) is 5.82. The zero-order valence-electron chi connectivity index (χ0n) is 18.1. The summed E-state index contributed by atoms with van der Waals surface area (Å²) in [4.78, 5) is 10.8. The van der Waals surface area contributed by atoms with Crippen LogP contribution in [0.5, 0.6) is 0 Å². The first-order chi connectivity index (χ1) is 16.4. The van der Waals surface area contributed by atoms with Crippen molar-refractivity contribution in [3.63, 3.8) is 0 Å². The van der Waals surface area contributed by atoms with Gasteiger partial charge in [0.05, 0.1) is 22.5 Å². The lowest BCUT2D eigenvalue weighted by atomic mass is 9.86. The summed E-state index contributed by atoms with van der Waals surface area (Å²) in [5.74, 6) is -1.62. The Morgan fingerprint density at radius 1 is 1.15 bits per heavy atom. The third-order valence-corrected chi connectivity index (χ3v) is 5.74. The molecule has 0 fully saturated rings. The Bertz CT molecular complexity index is 1490. The first kappa shape index (κ1) is 23.0. The maximum Gasteiger partial charge on any atom is 0.328 e. The van der Waals surface area contributed by atoms with Crippen molar-refractivity contribution >= 4 is 45.7 Å². The minimum Gasteiger partial charge on any atom is -0.478 e. The number of benzene rings is 3. The van der Waals surface area contributed by atoms with Gasteiger partial charge >= 0.3 is 5.97 Å². The number of carboxylic acids is 1. The smallest absolute Gasteiger partial charge is 0.328 e. The van der Waals surface area contributed by atoms with Crippen LogP contribution in [0.25, 0.3) is 28.1 Å². The van der Waals surface area contributed by atoms with E-state index in [1.54, 1.807) is 24.3 Å². The van der Waals surface area contributed by atoms with E-state index in [1.807, 2.05) is 43.3 Å². The summed E-state index contributed by atoms with van der Waals surface area (Å²) in [6.45, 7) is 1.99. The van der Waals surface area contributed by atoms with Gasteiger partial charge in [-0.15, -0.1) is 5.10 Å². The topological polar surface area (TPSA) is 89.8 Å². The van der Waals surface area contributed by atoms with Crippen molar-refractivity contribution in [3.8, 4) is 6.07 Å². The van der Waals surface area contributed by atoms with E-state index < -0.39 is 11.9 Å². The second-order valence-corrected chi connectivity index (χ2v) is 8.01. The zero-order chi connectivity index (χ0) is 24.2. The van der Waals surface area contributed by atoms with E-state index >= 15 is 0 Å². The Hall–Kier alpha value is -4.21. The number of rotatable bonds is 6. The van der Waals surface area contributed by atoms with Gasteiger partial charge in [-0.25, -0.2) is 4.79 Å². The first-order valence-electron chi connectivity index (χ1n) is 10.5. The normalized spacial score (nSPS) is 12.1. The van der Waals surface area contributed by atoms with E-state index in [1.165, 1.54) is 6.08 Å². The summed E-state index contributed by atoms with van der Waals surface area (Å²) in [7, 11) is 0. The molecule has 0 aliphatic rings. The highest BCUT2D eigenvalue weighted by Gasteiger charge is 2.17. The van der Waals surface area contributed by atoms with Gasteiger partial charge in [-0.05, 0) is 70.2 Å². The van der Waals surface area contributed by atoms with E-state index in [4.69, 9.17) is 16.7 Å². The van der Waals surface area contributed by atoms with Gasteiger partial charge in [0, 0.05) is 11.1 Å². The van der Waals surface area contributed by atoms with Crippen molar-refractivity contribution in [3.05, 3.63) is 106 Å². The van der Waals surface area contributed by atoms with Crippen LogP contribution in [0.4, 0.5) is 4.39 Å². The molecule has 0 unspecified atom stereocenters. The second kappa shape index (κ2) is 9.74. The molecule has 5 nitrogen and oxygen atoms in total. The molecule has 0 saturated heterocycles. The molecule has 4 aromatic rings. The number of aliphatic carboxylic acids is 1. The van der Waals surface area contributed by atoms with E-state index in [0.29, 0.717) is 27.9 Å². The monoisotopic (exact) mass is 471 g/mol. The number of halogens is 2. The van der Waals surface area contributed by atoms with Crippen molar-refractivity contribution in [1.82, 2.24) is 10.2 Å². The average molecular weight is 472 g/mol. The summed E-state index contributed by atoms with van der Waals surface area (Å²) in [6, 6.07) is 20.2. The fourth-order valence-electron chi connectivity index (χ4n) is 3.96. The van der Waals surface area contributed by atoms with Gasteiger partial charge in [-0.1, -0.05) is 54.9 Å². The quantitative estimate of drug-likeness (QED) is 0.242. The Balaban J connectivity index is 1.98. The molecule has 0 spiro atoms. The lowest BCUT2D eigenvalue weighted by Crippen LogP contribution is -1.98. The summed E-state index contributed by atoms with van der Waals surface area (Å²) in [6.07, 6.45) is 3.18. The number of fused-ring (bicyclic) bond motifs is 1. The lowest BCUT2D eigenvalue weighted by molar-refractivity contribution is -0.131. The van der Waals surface area contributed by atoms with E-state index in [0.717, 1.165) is 39.5 Å². The third-order valence-electron chi connectivity index (χ3n) is 5.51. The molecule has 1 aromatic heterocycles. The molecular weight excluding hydrogens is 453 g/mol. The number of hydrogen-bond donors (Lipinski definition) is 2. The van der Waals surface area contributed by atoms with Crippen molar-refractivity contribution in [2.24, 2.45) is 0 Å². The van der Waals surface area contributed by atoms with Crippen LogP contribution in [0.15, 0.2) is 66.7 Å². The molecule has 7 heteroatoms. The van der Waals surface area contributed by atoms with Crippen molar-refractivity contribution in [1.29, 1.82) is 5.26 Å². The number of carboxylic acid groups (broad SMARTS) is 1. The molecule has 34 heavy (non-hydrogen) atoms. The van der Waals surface area contributed by atoms with Gasteiger partial charge in [0.2, 0.25) is 5.95 Å². The number of hydrogen-bond acceptors (Lipinski definition) is 3. The highest BCUT2D eigenvalue weighted by molar-refractivity contribution is 6.30. The van der Waals surface area contributed by atoms with Crippen LogP contribution >= 0.6 is 11.6 Å². The Kier molecular flexibility index (Phi) is 6.58. The number of nitrogens with one attached hydrogen (secondary N) is 1. The van der Waals surface area contributed by atoms with Crippen LogP contribution in [0, 0.1) is 17.3 Å². The Morgan fingerprint density at radius 2 is 1.88 bits per heavy atom. The first-order valence-corrected chi connectivity index (χ1v) is 10.9. The second-order valence-electron chi connectivity index (χ2n) is 7.58. The molecule has 3 aromatic carbocycles. The van der Waals surface area contributed by atoms with Crippen LogP contribution in [-0.2, 0) is 4.79 Å². The van der Waals surface area contributed by atoms with Gasteiger partial charge in [-0.2, -0.15) is 9.65 Å². The largest absolute Gasteiger partial charge is 0.478 e. The molecule has 0 amide bonds. The van der Waals surface area contributed by atoms with Crippen LogP contribution in [0.3, 0.4) is 0 Å². The third kappa shape index (κ3) is 4.61. The standard InChI is InChI=1S/C27H19ClFN3O2/c1-2-21(22-10-9-20(28)13-19(22)15-30)26(17-6-3-16(4-7-17)5-12-25(33)34)18-8-11-24-23(14-18)27(29)32-31-24/h3-14H,2H2,1H3,(H,31,32)(H,33,34)/b12-5+,26-21+. The highest BCUT2D eigenvalue weighted by atomic mass is 35.5. The van der Waals surface area contributed by atoms with E-state index in [9.17, 15) is 14.4 Å². The predicted octanol–water partition coefficient (Wildman–Crippen LogP) is 6.69. The molecule has 1 heterocycles. The number of aromatic amines is 1. The molecule has 0 atom stereocenters. The molecule has 0 bridgehead atoms. The fourth-order valence-corrected chi connectivity index (χ4v) is 4.13. The maximum atomic E-state index is 14.3. The highest BCUT2D eigenvalue weighted by Crippen LogP contribution is 2.37. The van der Waals surface area contributed by atoms with Gasteiger partial charge in [0.15, 0.2) is 0 Å². The predicted molar refractivity (Wildman–Crippen MR) is 132 cm³/mol. The van der Waals surface area contributed by atoms with Crippen LogP contribution in [0.1, 0.15) is 41.2 Å². The van der Waals surface area contributed by atoms with Crippen molar-refractivity contribution in [2.45, 2.75) is 13.3 Å². The van der Waals surface area contributed by atoms with Gasteiger partial charge in [0.1, 0.15) is 0 Å². The fraction of sp³-hybridized carbons (Fsp3) is 0.0741. The molecule has 0 saturated carbocycles. The molecule has 0 aliphatic heterocycles. The number of nitrogens with zero attached hydrogens (tertiary/aromatic N) is 2. The molecule has 0 aliphatic carbocycles. The minimum absolute atomic E-state index is 0.364. The molecule has 4 rings (SSSR count). The molecule has 0 radical (unpaired) electrons. The SMILES string of the molecule is CC/C(=C(/c1ccc(/C=C/C(=O)O)cc1)c1ccc2[nH]nc(F)c2c1)c1ccc(Cl)cc1C#N. The van der Waals surface area contributed by atoms with Crippen molar-refractivity contribution < 1.29 is 14.3 Å².